The summed E-state index contributed by atoms with van der Waals surface area (Å²) in [4.78, 5) is 17.1. The van der Waals surface area contributed by atoms with E-state index in [0.29, 0.717) is 4.90 Å². The normalized spacial score (nSPS) is 16.6. The van der Waals surface area contributed by atoms with Gasteiger partial charge < -0.3 is 4.74 Å². The predicted octanol–water partition coefficient (Wildman–Crippen LogP) is 3.61. The average Bonchev–Trinajstić information content (AvgIpc) is 2.95. The Morgan fingerprint density at radius 2 is 1.96 bits per heavy atom. The van der Waals surface area contributed by atoms with Gasteiger partial charge in [-0.15, -0.1) is 0 Å². The lowest BCUT2D eigenvalue weighted by atomic mass is 10.2. The number of carbonyl (C=O) groups is 1. The van der Waals surface area contributed by atoms with Crippen molar-refractivity contribution < 1.29 is 26.7 Å². The highest BCUT2D eigenvalue weighted by Gasteiger charge is 2.31. The SMILES string of the molecule is CC(C)(C)OC(=O)N(C1=CS(=S(=O)=O)C=N1)c1ccc(F)c(Cl)c1F. The van der Waals surface area contributed by atoms with Crippen molar-refractivity contribution in [3.05, 3.63) is 40.0 Å². The molecule has 0 N–H and O–H groups in total. The fourth-order valence-electron chi connectivity index (χ4n) is 1.77. The molecule has 1 unspecified atom stereocenters. The highest BCUT2D eigenvalue weighted by atomic mass is 35.5. The number of hydrogen-bond donors (Lipinski definition) is 0. The van der Waals surface area contributed by atoms with Gasteiger partial charge in [0, 0.05) is 14.9 Å². The van der Waals surface area contributed by atoms with Crippen LogP contribution < -0.4 is 4.90 Å². The molecule has 1 atom stereocenters. The van der Waals surface area contributed by atoms with Gasteiger partial charge in [-0.1, -0.05) is 11.6 Å². The standard InChI is InChI=1S/C14H13ClF2N2O4S2/c1-14(2,3)23-13(20)19(10-6-24(7-18-10)25(21)22)9-5-4-8(16)11(15)12(9)17/h4-7H,1-3H3. The fourth-order valence-corrected chi connectivity index (χ4v) is 3.56. The first-order valence-electron chi connectivity index (χ1n) is 6.75. The Balaban J connectivity index is 2.61. The second-order valence-electron chi connectivity index (χ2n) is 5.75. The van der Waals surface area contributed by atoms with Gasteiger partial charge in [-0.2, -0.15) is 8.42 Å². The molecule has 0 radical (unpaired) electrons. The number of halogens is 3. The van der Waals surface area contributed by atoms with Gasteiger partial charge in [-0.3, -0.25) is 0 Å². The lowest BCUT2D eigenvalue weighted by Gasteiger charge is -2.27. The number of nitrogens with zero attached hydrogens (tertiary/aromatic N) is 2. The minimum atomic E-state index is -2.49. The molecular formula is C14H13ClF2N2O4S2. The van der Waals surface area contributed by atoms with Crippen LogP contribution in [0.3, 0.4) is 0 Å². The highest BCUT2D eigenvalue weighted by Crippen LogP contribution is 2.32. The third-order valence-corrected chi connectivity index (χ3v) is 5.64. The zero-order valence-corrected chi connectivity index (χ0v) is 15.7. The second-order valence-corrected chi connectivity index (χ2v) is 9.61. The molecule has 0 saturated heterocycles. The number of rotatable bonds is 2. The van der Waals surface area contributed by atoms with Crippen molar-refractivity contribution in [1.29, 1.82) is 0 Å². The summed E-state index contributed by atoms with van der Waals surface area (Å²) in [5.74, 6) is -2.36. The highest BCUT2D eigenvalue weighted by molar-refractivity contribution is 8.42. The van der Waals surface area contributed by atoms with E-state index in [-0.39, 0.29) is 5.82 Å². The number of ether oxygens (including phenoxy) is 1. The molecule has 25 heavy (non-hydrogen) atoms. The Morgan fingerprint density at radius 1 is 1.32 bits per heavy atom. The molecule has 0 fully saturated rings. The molecule has 1 amide bonds. The third-order valence-electron chi connectivity index (χ3n) is 2.73. The monoisotopic (exact) mass is 410 g/mol. The molecule has 0 saturated carbocycles. The van der Waals surface area contributed by atoms with Gasteiger partial charge in [0.2, 0.25) is 9.26 Å². The van der Waals surface area contributed by atoms with Gasteiger partial charge >= 0.3 is 6.09 Å². The third kappa shape index (κ3) is 4.44. The number of aliphatic imine (C=N–C) groups is 1. The molecule has 136 valence electrons. The molecule has 11 heteroatoms. The maximum absolute atomic E-state index is 14.4. The molecule has 1 heterocycles. The van der Waals surface area contributed by atoms with E-state index in [1.807, 2.05) is 0 Å². The lowest BCUT2D eigenvalue weighted by Crippen LogP contribution is -2.36. The lowest BCUT2D eigenvalue weighted by molar-refractivity contribution is 0.0591. The summed E-state index contributed by atoms with van der Waals surface area (Å²) < 4.78 is 55.1. The molecule has 0 spiro atoms. The molecule has 2 rings (SSSR count). The first kappa shape index (κ1) is 19.5. The van der Waals surface area contributed by atoms with Crippen LogP contribution in [0.15, 0.2) is 28.4 Å². The van der Waals surface area contributed by atoms with Crippen molar-refractivity contribution in [3.63, 3.8) is 0 Å². The van der Waals surface area contributed by atoms with Crippen LogP contribution in [0, 0.1) is 11.6 Å². The maximum Gasteiger partial charge on any atom is 0.420 e. The quantitative estimate of drug-likeness (QED) is 0.698. The Kier molecular flexibility index (Phi) is 5.65. The largest absolute Gasteiger partial charge is 0.443 e. The molecule has 0 bridgehead atoms. The summed E-state index contributed by atoms with van der Waals surface area (Å²) in [6.45, 7) is 4.79. The fraction of sp³-hybridized carbons (Fsp3) is 0.286. The Labute approximate surface area is 150 Å². The van der Waals surface area contributed by atoms with Gasteiger partial charge in [0.15, 0.2) is 11.6 Å². The molecule has 1 aromatic carbocycles. The van der Waals surface area contributed by atoms with E-state index in [0.717, 1.165) is 23.1 Å². The molecule has 0 aliphatic carbocycles. The number of amides is 1. The van der Waals surface area contributed by atoms with Gasteiger partial charge in [-0.25, -0.2) is 23.5 Å². The van der Waals surface area contributed by atoms with Crippen LogP contribution in [-0.2, 0) is 23.5 Å². The van der Waals surface area contributed by atoms with Crippen molar-refractivity contribution in [1.82, 2.24) is 0 Å². The van der Waals surface area contributed by atoms with E-state index in [2.05, 4.69) is 4.99 Å². The number of anilines is 1. The van der Waals surface area contributed by atoms with Crippen LogP contribution >= 0.6 is 11.6 Å². The molecule has 0 aromatic heterocycles. The van der Waals surface area contributed by atoms with Crippen molar-refractivity contribution in [2.24, 2.45) is 4.99 Å². The Morgan fingerprint density at radius 3 is 2.48 bits per heavy atom. The zero-order valence-electron chi connectivity index (χ0n) is 13.3. The summed E-state index contributed by atoms with van der Waals surface area (Å²) in [6.07, 6.45) is -1.01. The minimum absolute atomic E-state index is 0.164. The number of carbonyl (C=O) groups excluding carboxylic acids is 1. The summed E-state index contributed by atoms with van der Waals surface area (Å²) in [7, 11) is -3.86. The Bertz CT molecular complexity index is 929. The molecule has 6 nitrogen and oxygen atoms in total. The van der Waals surface area contributed by atoms with Crippen LogP contribution in [0.1, 0.15) is 20.8 Å². The summed E-state index contributed by atoms with van der Waals surface area (Å²) in [5.41, 5.74) is -0.230. The van der Waals surface area contributed by atoms with Crippen LogP contribution in [0.5, 0.6) is 0 Å². The van der Waals surface area contributed by atoms with Crippen molar-refractivity contribution in [3.8, 4) is 0 Å². The van der Waals surface area contributed by atoms with Gasteiger partial charge in [0.05, 0.1) is 11.2 Å². The number of hydrogen-bond acceptors (Lipinski definition) is 5. The number of benzene rings is 1. The molecule has 1 aromatic rings. The average molecular weight is 411 g/mol. The van der Waals surface area contributed by atoms with E-state index < -0.39 is 52.8 Å². The first-order chi connectivity index (χ1) is 11.5. The summed E-state index contributed by atoms with van der Waals surface area (Å²) in [6, 6.07) is 1.87. The van der Waals surface area contributed by atoms with Crippen LogP contribution in [-0.4, -0.2) is 25.7 Å². The minimum Gasteiger partial charge on any atom is -0.443 e. The zero-order chi connectivity index (χ0) is 18.9. The van der Waals surface area contributed by atoms with Crippen LogP contribution in [0.4, 0.5) is 19.3 Å². The van der Waals surface area contributed by atoms with E-state index in [1.165, 1.54) is 0 Å². The van der Waals surface area contributed by atoms with Crippen LogP contribution in [0.2, 0.25) is 5.02 Å². The van der Waals surface area contributed by atoms with Crippen molar-refractivity contribution in [2.45, 2.75) is 26.4 Å². The Hall–Kier alpha value is -1.78. The molecule has 1 aliphatic heterocycles. The van der Waals surface area contributed by atoms with E-state index >= 15 is 0 Å². The van der Waals surface area contributed by atoms with Gasteiger partial charge in [-0.05, 0) is 32.9 Å². The topological polar surface area (TPSA) is 76.0 Å². The van der Waals surface area contributed by atoms with Gasteiger partial charge in [0.1, 0.15) is 16.4 Å². The van der Waals surface area contributed by atoms with E-state index in [4.69, 9.17) is 16.3 Å². The summed E-state index contributed by atoms with van der Waals surface area (Å²) >= 11 is 5.57. The van der Waals surface area contributed by atoms with Gasteiger partial charge in [0.25, 0.3) is 0 Å². The smallest absolute Gasteiger partial charge is 0.420 e. The van der Waals surface area contributed by atoms with Crippen molar-refractivity contribution in [2.75, 3.05) is 4.90 Å². The van der Waals surface area contributed by atoms with Crippen LogP contribution in [0.25, 0.3) is 0 Å². The molecule has 1 aliphatic rings. The van der Waals surface area contributed by atoms with E-state index in [1.54, 1.807) is 20.8 Å². The maximum atomic E-state index is 14.4. The first-order valence-corrected chi connectivity index (χ1v) is 10.1. The van der Waals surface area contributed by atoms with E-state index in [9.17, 15) is 22.0 Å². The second kappa shape index (κ2) is 7.22. The summed E-state index contributed by atoms with van der Waals surface area (Å²) in [5, 5.41) is 0.351. The predicted molar refractivity (Wildman–Crippen MR) is 92.9 cm³/mol. The molecular weight excluding hydrogens is 398 g/mol. The van der Waals surface area contributed by atoms with Crippen molar-refractivity contribution >= 4 is 47.6 Å².